The Balaban J connectivity index is 3.93. The van der Waals surface area contributed by atoms with Crippen molar-refractivity contribution in [2.45, 2.75) is 71.9 Å². The molecule has 0 heterocycles. The van der Waals surface area contributed by atoms with Gasteiger partial charge in [0.05, 0.1) is 6.07 Å². The topological polar surface area (TPSA) is 39.1 Å². The summed E-state index contributed by atoms with van der Waals surface area (Å²) in [6.07, 6.45) is 4.45. The van der Waals surface area contributed by atoms with Crippen LogP contribution < -0.4 is 5.32 Å². The minimum Gasteiger partial charge on any atom is -0.301 e. The first-order chi connectivity index (χ1) is 8.49. The summed E-state index contributed by atoms with van der Waals surface area (Å²) in [4.78, 5) is 2.52. The van der Waals surface area contributed by atoms with Crippen LogP contribution in [0, 0.1) is 11.3 Å². The van der Waals surface area contributed by atoms with Gasteiger partial charge in [0, 0.05) is 6.04 Å². The van der Waals surface area contributed by atoms with Crippen molar-refractivity contribution in [3.05, 3.63) is 0 Å². The van der Waals surface area contributed by atoms with Crippen LogP contribution in [-0.2, 0) is 0 Å². The Morgan fingerprint density at radius 2 is 1.89 bits per heavy atom. The predicted molar refractivity (Wildman–Crippen MR) is 78.5 cm³/mol. The van der Waals surface area contributed by atoms with Gasteiger partial charge >= 0.3 is 0 Å². The Kier molecular flexibility index (Phi) is 9.05. The minimum absolute atomic E-state index is 0.345. The minimum atomic E-state index is -0.345. The first kappa shape index (κ1) is 17.4. The van der Waals surface area contributed by atoms with Crippen LogP contribution in [0.15, 0.2) is 0 Å². The van der Waals surface area contributed by atoms with Crippen molar-refractivity contribution in [3.8, 4) is 6.07 Å². The maximum Gasteiger partial charge on any atom is 0.103 e. The van der Waals surface area contributed by atoms with Crippen LogP contribution in [0.3, 0.4) is 0 Å². The maximum absolute atomic E-state index is 9.17. The lowest BCUT2D eigenvalue weighted by Crippen LogP contribution is -2.40. The molecule has 0 saturated heterocycles. The summed E-state index contributed by atoms with van der Waals surface area (Å²) in [6.45, 7) is 14.0. The van der Waals surface area contributed by atoms with Crippen LogP contribution >= 0.6 is 0 Å². The summed E-state index contributed by atoms with van der Waals surface area (Å²) in [5, 5.41) is 12.4. The van der Waals surface area contributed by atoms with Crippen molar-refractivity contribution < 1.29 is 0 Å². The van der Waals surface area contributed by atoms with Crippen molar-refractivity contribution in [3.63, 3.8) is 0 Å². The lowest BCUT2D eigenvalue weighted by molar-refractivity contribution is 0.215. The van der Waals surface area contributed by atoms with Gasteiger partial charge in [-0.05, 0) is 66.1 Å². The lowest BCUT2D eigenvalue weighted by atomic mass is 9.96. The fourth-order valence-corrected chi connectivity index (χ4v) is 2.28. The first-order valence-electron chi connectivity index (χ1n) is 7.39. The van der Waals surface area contributed by atoms with E-state index in [0.717, 1.165) is 25.9 Å². The largest absolute Gasteiger partial charge is 0.301 e. The zero-order valence-corrected chi connectivity index (χ0v) is 12.9. The summed E-state index contributed by atoms with van der Waals surface area (Å²) in [5.41, 5.74) is -0.345. The van der Waals surface area contributed by atoms with Gasteiger partial charge in [-0.25, -0.2) is 0 Å². The van der Waals surface area contributed by atoms with Gasteiger partial charge in [0.15, 0.2) is 0 Å². The van der Waals surface area contributed by atoms with Crippen LogP contribution in [0.5, 0.6) is 0 Å². The molecule has 0 bridgehead atoms. The first-order valence-corrected chi connectivity index (χ1v) is 7.39. The summed E-state index contributed by atoms with van der Waals surface area (Å²) >= 11 is 0. The van der Waals surface area contributed by atoms with Crippen molar-refractivity contribution in [1.29, 1.82) is 5.26 Å². The highest BCUT2D eigenvalue weighted by Gasteiger charge is 2.21. The Hall–Kier alpha value is -0.590. The van der Waals surface area contributed by atoms with Gasteiger partial charge in [-0.15, -0.1) is 0 Å². The summed E-state index contributed by atoms with van der Waals surface area (Å²) in [5.74, 6) is 0. The van der Waals surface area contributed by atoms with E-state index in [1.54, 1.807) is 0 Å². The molecule has 0 saturated carbocycles. The molecule has 0 aliphatic carbocycles. The van der Waals surface area contributed by atoms with Gasteiger partial charge in [0.25, 0.3) is 0 Å². The fraction of sp³-hybridized carbons (Fsp3) is 0.933. The standard InChI is InChI=1S/C15H31N3/c1-6-11-18(14(3)4)12-9-8-10-15(5,13-16)17-7-2/h14,17H,6-12H2,1-5H3. The summed E-state index contributed by atoms with van der Waals surface area (Å²) < 4.78 is 0. The summed E-state index contributed by atoms with van der Waals surface area (Å²) in [6, 6.07) is 3.02. The fourth-order valence-electron chi connectivity index (χ4n) is 2.28. The Morgan fingerprint density at radius 3 is 2.33 bits per heavy atom. The molecule has 0 spiro atoms. The molecule has 1 atom stereocenters. The molecule has 1 unspecified atom stereocenters. The molecule has 1 N–H and O–H groups in total. The van der Waals surface area contributed by atoms with E-state index >= 15 is 0 Å². The van der Waals surface area contributed by atoms with E-state index in [4.69, 9.17) is 0 Å². The van der Waals surface area contributed by atoms with Crippen LogP contribution in [-0.4, -0.2) is 36.1 Å². The van der Waals surface area contributed by atoms with Crippen molar-refractivity contribution in [2.75, 3.05) is 19.6 Å². The van der Waals surface area contributed by atoms with Gasteiger partial charge in [0.1, 0.15) is 5.54 Å². The smallest absolute Gasteiger partial charge is 0.103 e. The molecule has 0 rings (SSSR count). The SMILES string of the molecule is CCCN(CCCCC(C)(C#N)NCC)C(C)C. The van der Waals surface area contributed by atoms with E-state index < -0.39 is 0 Å². The van der Waals surface area contributed by atoms with Gasteiger partial charge in [0.2, 0.25) is 0 Å². The van der Waals surface area contributed by atoms with E-state index in [9.17, 15) is 5.26 Å². The van der Waals surface area contributed by atoms with E-state index in [-0.39, 0.29) is 5.54 Å². The molecule has 0 aromatic carbocycles. The second kappa shape index (κ2) is 9.35. The average molecular weight is 253 g/mol. The third-order valence-corrected chi connectivity index (χ3v) is 3.43. The van der Waals surface area contributed by atoms with E-state index in [0.29, 0.717) is 6.04 Å². The molecule has 0 fully saturated rings. The van der Waals surface area contributed by atoms with Crippen molar-refractivity contribution >= 4 is 0 Å². The van der Waals surface area contributed by atoms with Gasteiger partial charge in [-0.2, -0.15) is 5.26 Å². The Labute approximate surface area is 114 Å². The van der Waals surface area contributed by atoms with Gasteiger partial charge in [-0.1, -0.05) is 13.8 Å². The van der Waals surface area contributed by atoms with Crippen LogP contribution in [0.4, 0.5) is 0 Å². The highest BCUT2D eigenvalue weighted by atomic mass is 15.1. The van der Waals surface area contributed by atoms with E-state index in [1.165, 1.54) is 19.4 Å². The van der Waals surface area contributed by atoms with Crippen LogP contribution in [0.2, 0.25) is 0 Å². The second-order valence-corrected chi connectivity index (χ2v) is 5.56. The van der Waals surface area contributed by atoms with Crippen LogP contribution in [0.25, 0.3) is 0 Å². The molecule has 106 valence electrons. The van der Waals surface area contributed by atoms with Crippen LogP contribution in [0.1, 0.15) is 60.3 Å². The molecule has 18 heavy (non-hydrogen) atoms. The van der Waals surface area contributed by atoms with Gasteiger partial charge < -0.3 is 4.90 Å². The highest BCUT2D eigenvalue weighted by molar-refractivity contribution is 5.03. The average Bonchev–Trinajstić information content (AvgIpc) is 2.33. The zero-order valence-electron chi connectivity index (χ0n) is 12.9. The summed E-state index contributed by atoms with van der Waals surface area (Å²) in [7, 11) is 0. The molecular formula is C15H31N3. The van der Waals surface area contributed by atoms with Crippen molar-refractivity contribution in [2.24, 2.45) is 0 Å². The third kappa shape index (κ3) is 6.98. The molecule has 0 amide bonds. The maximum atomic E-state index is 9.17. The van der Waals surface area contributed by atoms with Crippen molar-refractivity contribution in [1.82, 2.24) is 10.2 Å². The predicted octanol–water partition coefficient (Wildman–Crippen LogP) is 3.17. The molecule has 0 aromatic rings. The monoisotopic (exact) mass is 253 g/mol. The lowest BCUT2D eigenvalue weighted by Gasteiger charge is -2.27. The zero-order chi connectivity index (χ0) is 14.0. The van der Waals surface area contributed by atoms with E-state index in [1.807, 2.05) is 6.92 Å². The quantitative estimate of drug-likeness (QED) is 0.608. The molecule has 0 radical (unpaired) electrons. The second-order valence-electron chi connectivity index (χ2n) is 5.56. The number of hydrogen-bond acceptors (Lipinski definition) is 3. The molecule has 0 aromatic heterocycles. The molecule has 3 nitrogen and oxygen atoms in total. The Morgan fingerprint density at radius 1 is 1.22 bits per heavy atom. The Bertz CT molecular complexity index is 245. The normalized spacial score (nSPS) is 14.8. The number of hydrogen-bond donors (Lipinski definition) is 1. The number of unbranched alkanes of at least 4 members (excludes halogenated alkanes) is 1. The molecule has 0 aliphatic rings. The molecule has 3 heteroatoms. The third-order valence-electron chi connectivity index (χ3n) is 3.43. The van der Waals surface area contributed by atoms with Gasteiger partial charge in [-0.3, -0.25) is 5.32 Å². The van der Waals surface area contributed by atoms with E-state index in [2.05, 4.69) is 44.0 Å². The number of nitrogens with one attached hydrogen (secondary N) is 1. The molecular weight excluding hydrogens is 222 g/mol. The number of rotatable bonds is 10. The highest BCUT2D eigenvalue weighted by Crippen LogP contribution is 2.13. The molecule has 0 aliphatic heterocycles. The number of nitrogens with zero attached hydrogens (tertiary/aromatic N) is 2. The number of nitriles is 1.